The molecule has 8 nitrogen and oxygen atoms in total. The number of hydrogen-bond donors (Lipinski definition) is 2. The van der Waals surface area contributed by atoms with Crippen LogP contribution in [0.3, 0.4) is 0 Å². The van der Waals surface area contributed by atoms with Gasteiger partial charge in [0.2, 0.25) is 5.91 Å². The van der Waals surface area contributed by atoms with Gasteiger partial charge in [-0.05, 0) is 79.8 Å². The van der Waals surface area contributed by atoms with E-state index in [0.717, 1.165) is 41.8 Å². The van der Waals surface area contributed by atoms with E-state index in [-0.39, 0.29) is 17.4 Å². The minimum Gasteiger partial charge on any atom is -0.493 e. The summed E-state index contributed by atoms with van der Waals surface area (Å²) >= 11 is 1.42. The molecule has 0 spiro atoms. The second-order valence-corrected chi connectivity index (χ2v) is 12.2. The molecule has 238 valence electrons. The highest BCUT2D eigenvalue weighted by Gasteiger charge is 2.23. The lowest BCUT2D eigenvalue weighted by Gasteiger charge is -2.15. The first-order valence-electron chi connectivity index (χ1n) is 15.4. The molecule has 4 aromatic carbocycles. The Balaban J connectivity index is 1.22. The summed E-state index contributed by atoms with van der Waals surface area (Å²) in [5, 5.41) is 6.84. The number of ether oxygens (including phenoxy) is 2. The van der Waals surface area contributed by atoms with Gasteiger partial charge in [0, 0.05) is 32.8 Å². The first-order valence-corrected chi connectivity index (χ1v) is 16.4. The summed E-state index contributed by atoms with van der Waals surface area (Å²) in [5.41, 5.74) is 4.89. The molecule has 2 amide bonds. The normalized spacial score (nSPS) is 12.7. The zero-order valence-electron chi connectivity index (χ0n) is 26.2. The van der Waals surface area contributed by atoms with Gasteiger partial charge in [-0.1, -0.05) is 54.6 Å². The molecule has 0 atom stereocenters. The monoisotopic (exact) mass is 645 g/mol. The number of benzene rings is 4. The van der Waals surface area contributed by atoms with Crippen LogP contribution < -0.4 is 20.1 Å². The van der Waals surface area contributed by atoms with E-state index < -0.39 is 11.8 Å². The zero-order chi connectivity index (χ0) is 32.8. The molecular weight excluding hydrogens is 611 g/mol. The number of rotatable bonds is 10. The van der Waals surface area contributed by atoms with Gasteiger partial charge >= 0.3 is 0 Å². The summed E-state index contributed by atoms with van der Waals surface area (Å²) < 4.78 is 12.9. The predicted molar refractivity (Wildman–Crippen MR) is 186 cm³/mol. The second kappa shape index (κ2) is 14.4. The van der Waals surface area contributed by atoms with Gasteiger partial charge in [0.15, 0.2) is 11.5 Å². The van der Waals surface area contributed by atoms with Crippen molar-refractivity contribution >= 4 is 52.1 Å². The van der Waals surface area contributed by atoms with Crippen molar-refractivity contribution in [1.82, 2.24) is 9.88 Å². The molecular formula is C38H35N3O5S. The maximum absolute atomic E-state index is 13.7. The lowest BCUT2D eigenvalue weighted by Crippen LogP contribution is -2.30. The number of thioether (sulfide) groups is 1. The van der Waals surface area contributed by atoms with Crippen molar-refractivity contribution < 1.29 is 23.9 Å². The molecule has 9 heteroatoms. The molecule has 0 radical (unpaired) electrons. The van der Waals surface area contributed by atoms with E-state index in [4.69, 9.17) is 9.47 Å². The molecule has 6 rings (SSSR count). The van der Waals surface area contributed by atoms with Crippen LogP contribution in [0.15, 0.2) is 108 Å². The number of carbonyl (C=O) groups is 3. The topological polar surface area (TPSA) is 98.7 Å². The first-order chi connectivity index (χ1) is 23.0. The maximum atomic E-state index is 13.7. The molecule has 0 bridgehead atoms. The van der Waals surface area contributed by atoms with E-state index in [1.165, 1.54) is 36.9 Å². The minimum absolute atomic E-state index is 0.0166. The van der Waals surface area contributed by atoms with Crippen LogP contribution in [0.4, 0.5) is 5.69 Å². The maximum Gasteiger partial charge on any atom is 0.272 e. The molecule has 5 aromatic rings. The molecule has 0 unspecified atom stereocenters. The number of methoxy groups -OCH3 is 2. The van der Waals surface area contributed by atoms with Crippen LogP contribution in [0.2, 0.25) is 0 Å². The minimum atomic E-state index is -0.525. The molecule has 0 saturated heterocycles. The third-order valence-electron chi connectivity index (χ3n) is 8.14. The molecule has 0 fully saturated rings. The number of anilines is 1. The molecule has 47 heavy (non-hydrogen) atoms. The van der Waals surface area contributed by atoms with Crippen LogP contribution in [0.1, 0.15) is 44.8 Å². The van der Waals surface area contributed by atoms with Crippen LogP contribution in [-0.2, 0) is 17.6 Å². The number of hydrogen-bond acceptors (Lipinski definition) is 6. The standard InChI is InChI=1S/C38H35N3O5S/c1-45-34-21-10-14-26(36(34)46-2)22-31(40-37(43)25-12-4-3-5-13-25)38(44)39-27-15-11-16-28(23-27)47-24-35(42)41-32-19-8-6-17-29(32)30-18-7-9-20-33(30)41/h3-6,8,10-17,19,21-23H,7,9,18,20,24H2,1-2H3,(H,39,44)(H,40,43)/b31-22-. The van der Waals surface area contributed by atoms with Crippen LogP contribution in [0, 0.1) is 0 Å². The van der Waals surface area contributed by atoms with Crippen molar-refractivity contribution in [3.63, 3.8) is 0 Å². The van der Waals surface area contributed by atoms with Crippen LogP contribution in [-0.4, -0.2) is 42.3 Å². The smallest absolute Gasteiger partial charge is 0.272 e. The van der Waals surface area contributed by atoms with Gasteiger partial charge in [-0.3, -0.25) is 19.0 Å². The lowest BCUT2D eigenvalue weighted by molar-refractivity contribution is -0.113. The van der Waals surface area contributed by atoms with Crippen molar-refractivity contribution in [2.24, 2.45) is 0 Å². The van der Waals surface area contributed by atoms with Crippen LogP contribution >= 0.6 is 11.8 Å². The van der Waals surface area contributed by atoms with Crippen molar-refractivity contribution in [3.05, 3.63) is 125 Å². The number of nitrogens with one attached hydrogen (secondary N) is 2. The highest BCUT2D eigenvalue weighted by Crippen LogP contribution is 2.34. The fourth-order valence-electron chi connectivity index (χ4n) is 5.98. The van der Waals surface area contributed by atoms with Gasteiger partial charge in [-0.15, -0.1) is 11.8 Å². The Bertz CT molecular complexity index is 1980. The number of fused-ring (bicyclic) bond motifs is 3. The number of nitrogens with zero attached hydrogens (tertiary/aromatic N) is 1. The molecule has 0 aliphatic heterocycles. The van der Waals surface area contributed by atoms with Crippen LogP contribution in [0.5, 0.6) is 11.5 Å². The Morgan fingerprint density at radius 1 is 0.851 bits per heavy atom. The second-order valence-electron chi connectivity index (χ2n) is 11.1. The van der Waals surface area contributed by atoms with Gasteiger partial charge in [-0.25, -0.2) is 0 Å². The first kappa shape index (κ1) is 31.7. The van der Waals surface area contributed by atoms with Crippen molar-refractivity contribution in [2.45, 2.75) is 30.6 Å². The van der Waals surface area contributed by atoms with E-state index in [0.29, 0.717) is 28.3 Å². The SMILES string of the molecule is COc1cccc(/C=C(\NC(=O)c2ccccc2)C(=O)Nc2cccc(SCC(=O)n3c4c(c5ccccc53)CCCC4)c2)c1OC. The van der Waals surface area contributed by atoms with Crippen molar-refractivity contribution in [2.75, 3.05) is 25.3 Å². The van der Waals surface area contributed by atoms with Crippen molar-refractivity contribution in [1.29, 1.82) is 0 Å². The summed E-state index contributed by atoms with van der Waals surface area (Å²) in [6, 6.07) is 29.4. The highest BCUT2D eigenvalue weighted by molar-refractivity contribution is 8.00. The Labute approximate surface area is 277 Å². The molecule has 1 aliphatic carbocycles. The van der Waals surface area contributed by atoms with Gasteiger partial charge in [0.05, 0.1) is 25.5 Å². The largest absolute Gasteiger partial charge is 0.493 e. The van der Waals surface area contributed by atoms with Gasteiger partial charge < -0.3 is 20.1 Å². The molecule has 2 N–H and O–H groups in total. The van der Waals surface area contributed by atoms with Crippen molar-refractivity contribution in [3.8, 4) is 11.5 Å². The zero-order valence-corrected chi connectivity index (χ0v) is 27.1. The molecule has 0 saturated carbocycles. The third-order valence-corrected chi connectivity index (χ3v) is 9.12. The number of carbonyl (C=O) groups excluding carboxylic acids is 3. The summed E-state index contributed by atoms with van der Waals surface area (Å²) in [5.74, 6) is 0.234. The summed E-state index contributed by atoms with van der Waals surface area (Å²) in [7, 11) is 3.04. The number of amides is 2. The average Bonchev–Trinajstić information content (AvgIpc) is 3.45. The predicted octanol–water partition coefficient (Wildman–Crippen LogP) is 7.38. The van der Waals surface area contributed by atoms with E-state index in [9.17, 15) is 14.4 Å². The summed E-state index contributed by atoms with van der Waals surface area (Å²) in [6.45, 7) is 0. The number of aromatic nitrogens is 1. The van der Waals surface area contributed by atoms with E-state index in [2.05, 4.69) is 16.7 Å². The highest BCUT2D eigenvalue weighted by atomic mass is 32.2. The number of para-hydroxylation sites is 2. The average molecular weight is 646 g/mol. The van der Waals surface area contributed by atoms with Gasteiger partial charge in [-0.2, -0.15) is 0 Å². The van der Waals surface area contributed by atoms with Gasteiger partial charge in [0.1, 0.15) is 5.70 Å². The lowest BCUT2D eigenvalue weighted by atomic mass is 9.96. The summed E-state index contributed by atoms with van der Waals surface area (Å²) in [4.78, 5) is 41.3. The summed E-state index contributed by atoms with van der Waals surface area (Å²) in [6.07, 6.45) is 5.68. The quantitative estimate of drug-likeness (QED) is 0.122. The van der Waals surface area contributed by atoms with E-state index in [1.807, 2.05) is 47.0 Å². The fraction of sp³-hybridized carbons (Fsp3) is 0.184. The van der Waals surface area contributed by atoms with Crippen LogP contribution in [0.25, 0.3) is 17.0 Å². The molecule has 1 heterocycles. The molecule has 1 aliphatic rings. The van der Waals surface area contributed by atoms with E-state index in [1.54, 1.807) is 54.6 Å². The fourth-order valence-corrected chi connectivity index (χ4v) is 6.78. The third kappa shape index (κ3) is 6.95. The Morgan fingerprint density at radius 2 is 1.62 bits per heavy atom. The van der Waals surface area contributed by atoms with E-state index >= 15 is 0 Å². The van der Waals surface area contributed by atoms with Gasteiger partial charge in [0.25, 0.3) is 11.8 Å². The Morgan fingerprint density at radius 3 is 2.43 bits per heavy atom. The molecule has 1 aromatic heterocycles. The number of aryl methyl sites for hydroxylation is 1. The Hall–Kier alpha value is -5.28. The Kier molecular flexibility index (Phi) is 9.73.